The highest BCUT2D eigenvalue weighted by atomic mass is 35.5. The molecule has 0 fully saturated rings. The molecule has 0 saturated carbocycles. The summed E-state index contributed by atoms with van der Waals surface area (Å²) < 4.78 is 29.0. The van der Waals surface area contributed by atoms with Crippen molar-refractivity contribution in [1.29, 1.82) is 0 Å². The molecule has 3 amide bonds. The molecule has 36 heavy (non-hydrogen) atoms. The number of carbonyl (C=O) groups excluding carboxylic acids is 3. The van der Waals surface area contributed by atoms with Crippen LogP contribution in [-0.4, -0.2) is 37.7 Å². The summed E-state index contributed by atoms with van der Waals surface area (Å²) in [5, 5.41) is 5.73. The lowest BCUT2D eigenvalue weighted by atomic mass is 9.93. The van der Waals surface area contributed by atoms with Crippen LogP contribution in [0.1, 0.15) is 50.7 Å². The van der Waals surface area contributed by atoms with Crippen LogP contribution in [0.3, 0.4) is 0 Å². The second-order valence-corrected chi connectivity index (χ2v) is 11.4. The second-order valence-electron chi connectivity index (χ2n) is 9.24. The molecule has 0 aromatic heterocycles. The second kappa shape index (κ2) is 10.5. The first-order chi connectivity index (χ1) is 16.8. The third-order valence-electron chi connectivity index (χ3n) is 6.35. The molecule has 2 atom stereocenters. The average Bonchev–Trinajstić information content (AvgIpc) is 2.80. The third-order valence-corrected chi connectivity index (χ3v) is 8.72. The fourth-order valence-electron chi connectivity index (χ4n) is 4.18. The fourth-order valence-corrected chi connectivity index (χ4v) is 6.33. The molecule has 9 nitrogen and oxygen atoms in total. The minimum atomic E-state index is -4.31. The van der Waals surface area contributed by atoms with Gasteiger partial charge in [-0.25, -0.2) is 8.42 Å². The molecule has 4 N–H and O–H groups in total. The number of halogens is 1. The van der Waals surface area contributed by atoms with Crippen molar-refractivity contribution in [3.8, 4) is 0 Å². The molecule has 2 unspecified atom stereocenters. The summed E-state index contributed by atoms with van der Waals surface area (Å²) in [4.78, 5) is 38.3. The molecule has 0 saturated heterocycles. The van der Waals surface area contributed by atoms with Crippen LogP contribution >= 0.6 is 11.6 Å². The fraction of sp³-hybridized carbons (Fsp3) is 0.400. The van der Waals surface area contributed by atoms with E-state index in [-0.39, 0.29) is 10.6 Å². The van der Waals surface area contributed by atoms with Gasteiger partial charge in [0.2, 0.25) is 17.7 Å². The zero-order valence-corrected chi connectivity index (χ0v) is 22.3. The molecule has 1 aliphatic heterocycles. The number of anilines is 2. The van der Waals surface area contributed by atoms with Crippen molar-refractivity contribution >= 4 is 50.7 Å². The first kappa shape index (κ1) is 27.5. The molecule has 1 heterocycles. The van der Waals surface area contributed by atoms with Gasteiger partial charge in [-0.15, -0.1) is 0 Å². The summed E-state index contributed by atoms with van der Waals surface area (Å²) >= 11 is 6.18. The van der Waals surface area contributed by atoms with E-state index >= 15 is 0 Å². The van der Waals surface area contributed by atoms with Gasteiger partial charge in [0.15, 0.2) is 0 Å². The first-order valence-electron chi connectivity index (χ1n) is 11.6. The maximum Gasteiger partial charge on any atom is 0.265 e. The van der Waals surface area contributed by atoms with E-state index in [1.165, 1.54) is 13.0 Å². The molecule has 1 aliphatic rings. The Bertz CT molecular complexity index is 1310. The number of hydrogen-bond donors (Lipinski definition) is 3. The van der Waals surface area contributed by atoms with Crippen LogP contribution in [0, 0.1) is 13.8 Å². The number of nitrogens with two attached hydrogens (primary N) is 1. The van der Waals surface area contributed by atoms with Crippen molar-refractivity contribution in [2.75, 3.05) is 9.62 Å². The van der Waals surface area contributed by atoms with Crippen molar-refractivity contribution in [3.05, 3.63) is 52.5 Å². The largest absolute Gasteiger partial charge is 0.368 e. The van der Waals surface area contributed by atoms with Crippen LogP contribution in [0.4, 0.5) is 11.4 Å². The van der Waals surface area contributed by atoms with Crippen molar-refractivity contribution in [3.63, 3.8) is 0 Å². The van der Waals surface area contributed by atoms with E-state index in [1.807, 2.05) is 6.92 Å². The smallest absolute Gasteiger partial charge is 0.265 e. The Morgan fingerprint density at radius 3 is 2.50 bits per heavy atom. The monoisotopic (exact) mass is 534 g/mol. The minimum absolute atomic E-state index is 0.0239. The van der Waals surface area contributed by atoms with E-state index in [9.17, 15) is 22.8 Å². The van der Waals surface area contributed by atoms with E-state index in [0.717, 1.165) is 10.7 Å². The molecule has 11 heteroatoms. The van der Waals surface area contributed by atoms with E-state index in [2.05, 4.69) is 10.6 Å². The Kier molecular flexibility index (Phi) is 8.00. The van der Waals surface area contributed by atoms with Gasteiger partial charge in [0.05, 0.1) is 22.7 Å². The number of unbranched alkanes of at least 4 members (excludes halogenated alkanes) is 1. The Balaban J connectivity index is 2.06. The average molecular weight is 535 g/mol. The predicted molar refractivity (Wildman–Crippen MR) is 139 cm³/mol. The van der Waals surface area contributed by atoms with E-state index in [4.69, 9.17) is 17.3 Å². The number of rotatable bonds is 9. The number of primary amides is 1. The van der Waals surface area contributed by atoms with Crippen LogP contribution in [0.25, 0.3) is 0 Å². The highest BCUT2D eigenvalue weighted by Gasteiger charge is 2.43. The van der Waals surface area contributed by atoms with Gasteiger partial charge in [0.1, 0.15) is 11.6 Å². The van der Waals surface area contributed by atoms with E-state index < -0.39 is 45.7 Å². The van der Waals surface area contributed by atoms with Crippen molar-refractivity contribution in [2.24, 2.45) is 5.73 Å². The zero-order valence-electron chi connectivity index (χ0n) is 20.7. The topological polar surface area (TPSA) is 139 Å². The van der Waals surface area contributed by atoms with E-state index in [0.29, 0.717) is 34.7 Å². The van der Waals surface area contributed by atoms with Crippen molar-refractivity contribution in [1.82, 2.24) is 5.32 Å². The number of benzene rings is 2. The summed E-state index contributed by atoms with van der Waals surface area (Å²) in [5.74, 6) is -2.04. The molecular weight excluding hydrogens is 504 g/mol. The Labute approximate surface area is 216 Å². The molecule has 0 bridgehead atoms. The molecule has 0 aliphatic carbocycles. The molecule has 0 spiro atoms. The molecule has 3 rings (SSSR count). The van der Waals surface area contributed by atoms with Crippen molar-refractivity contribution < 1.29 is 22.8 Å². The van der Waals surface area contributed by atoms with Crippen LogP contribution in [-0.2, 0) is 24.4 Å². The molecule has 0 radical (unpaired) electrons. The number of hydrogen-bond acceptors (Lipinski definition) is 5. The number of nitrogens with zero attached hydrogens (tertiary/aromatic N) is 1. The number of carbonyl (C=O) groups is 3. The van der Waals surface area contributed by atoms with Gasteiger partial charge in [-0.3, -0.25) is 18.7 Å². The van der Waals surface area contributed by atoms with Gasteiger partial charge >= 0.3 is 0 Å². The first-order valence-corrected chi connectivity index (χ1v) is 13.5. The third kappa shape index (κ3) is 5.34. The Morgan fingerprint density at radius 1 is 1.19 bits per heavy atom. The van der Waals surface area contributed by atoms with Crippen LogP contribution < -0.4 is 20.7 Å². The van der Waals surface area contributed by atoms with Crippen LogP contribution in [0.5, 0.6) is 0 Å². The molecular formula is C25H31ClN4O5S. The number of amides is 3. The van der Waals surface area contributed by atoms with Crippen LogP contribution in [0.15, 0.2) is 41.3 Å². The summed E-state index contributed by atoms with van der Waals surface area (Å²) in [6.45, 7) is 6.76. The highest BCUT2D eigenvalue weighted by molar-refractivity contribution is 7.93. The van der Waals surface area contributed by atoms with Crippen LogP contribution in [0.2, 0.25) is 5.02 Å². The Hall–Kier alpha value is -3.11. The molecule has 194 valence electrons. The van der Waals surface area contributed by atoms with E-state index in [1.54, 1.807) is 44.2 Å². The van der Waals surface area contributed by atoms with Gasteiger partial charge in [0, 0.05) is 5.02 Å². The van der Waals surface area contributed by atoms with Crippen molar-refractivity contribution in [2.45, 2.75) is 69.9 Å². The number of sulfonamides is 1. The van der Waals surface area contributed by atoms with Gasteiger partial charge in [0.25, 0.3) is 10.0 Å². The lowest BCUT2D eigenvalue weighted by Gasteiger charge is -2.37. The normalized spacial score (nSPS) is 17.1. The number of fused-ring (bicyclic) bond motifs is 1. The zero-order chi connectivity index (χ0) is 26.8. The maximum atomic E-state index is 14.0. The number of aryl methyl sites for hydroxylation is 2. The quantitative estimate of drug-likeness (QED) is 0.452. The molecule has 2 aromatic carbocycles. The Morgan fingerprint density at radius 2 is 1.86 bits per heavy atom. The predicted octanol–water partition coefficient (Wildman–Crippen LogP) is 3.41. The summed E-state index contributed by atoms with van der Waals surface area (Å²) in [6, 6.07) is 8.06. The number of para-hydroxylation sites is 2. The molecule has 2 aromatic rings. The summed E-state index contributed by atoms with van der Waals surface area (Å²) in [7, 11) is -4.31. The maximum absolute atomic E-state index is 14.0. The summed E-state index contributed by atoms with van der Waals surface area (Å²) in [6.07, 6.45) is 1.23. The standard InChI is InChI=1S/C25H31ClN4O5S/c1-5-6-11-25(4,24(27)33)29-22(31)14-20-23(32)28-18-9-7-8-10-19(18)30(20)36(34,35)21-13-15(2)17(26)12-16(21)3/h7-10,12-13,20H,5-6,11,14H2,1-4H3,(H2,27,33)(H,28,32)(H,29,31). The number of nitrogens with one attached hydrogen (secondary N) is 2. The van der Waals surface area contributed by atoms with Gasteiger partial charge in [-0.1, -0.05) is 43.5 Å². The highest BCUT2D eigenvalue weighted by Crippen LogP contribution is 2.38. The minimum Gasteiger partial charge on any atom is -0.368 e. The summed E-state index contributed by atoms with van der Waals surface area (Å²) in [5.41, 5.74) is 5.70. The SMILES string of the molecule is CCCCC(C)(NC(=O)CC1C(=O)Nc2ccccc2N1S(=O)(=O)c1cc(C)c(Cl)cc1C)C(N)=O. The van der Waals surface area contributed by atoms with Gasteiger partial charge < -0.3 is 16.4 Å². The van der Waals surface area contributed by atoms with Gasteiger partial charge in [-0.05, 0) is 62.6 Å². The lowest BCUT2D eigenvalue weighted by molar-refractivity contribution is -0.132. The van der Waals surface area contributed by atoms with Gasteiger partial charge in [-0.2, -0.15) is 0 Å². The lowest BCUT2D eigenvalue weighted by Crippen LogP contribution is -2.58.